The van der Waals surface area contributed by atoms with E-state index in [1.807, 2.05) is 0 Å². The van der Waals surface area contributed by atoms with Crippen LogP contribution in [0.5, 0.6) is 17.2 Å². The molecule has 1 saturated carbocycles. The summed E-state index contributed by atoms with van der Waals surface area (Å²) in [6, 6.07) is 3.17. The zero-order valence-corrected chi connectivity index (χ0v) is 14.9. The maximum Gasteiger partial charge on any atom is 0.269 e. The molecule has 1 amide bonds. The first-order valence-electron chi connectivity index (χ1n) is 7.16. The Kier molecular flexibility index (Phi) is 6.35. The minimum absolute atomic E-state index is 0.333. The molecule has 1 aliphatic carbocycles. The third-order valence-corrected chi connectivity index (χ3v) is 5.04. The third kappa shape index (κ3) is 4.42. The van der Waals surface area contributed by atoms with Crippen molar-refractivity contribution in [2.75, 3.05) is 21.3 Å². The number of hydrogen-bond acceptors (Lipinski definition) is 6. The van der Waals surface area contributed by atoms with Gasteiger partial charge in [0.1, 0.15) is 0 Å². The standard InChI is InChI=1S/C15H20N2O4S2/c1-19-11-7-9(8-12(20-2)13(11)21-3)14(18)16-17-15(22)23-10-5-4-6-10/h7-8,10H,4-6H2,1-3H3,(H,16,18)(H,17,22). The highest BCUT2D eigenvalue weighted by Gasteiger charge is 2.20. The molecule has 0 spiro atoms. The van der Waals surface area contributed by atoms with Gasteiger partial charge in [-0.1, -0.05) is 30.4 Å². The van der Waals surface area contributed by atoms with Gasteiger partial charge < -0.3 is 14.2 Å². The average Bonchev–Trinajstić information content (AvgIpc) is 2.54. The maximum atomic E-state index is 12.3. The van der Waals surface area contributed by atoms with Crippen molar-refractivity contribution in [1.29, 1.82) is 0 Å². The maximum absolute atomic E-state index is 12.3. The highest BCUT2D eigenvalue weighted by Crippen LogP contribution is 2.38. The lowest BCUT2D eigenvalue weighted by molar-refractivity contribution is 0.0944. The molecule has 0 heterocycles. The summed E-state index contributed by atoms with van der Waals surface area (Å²) < 4.78 is 16.3. The fraction of sp³-hybridized carbons (Fsp3) is 0.467. The molecule has 126 valence electrons. The zero-order valence-electron chi connectivity index (χ0n) is 13.3. The SMILES string of the molecule is COc1cc(C(=O)NNC(=S)SC2CCC2)cc(OC)c1OC. The van der Waals surface area contributed by atoms with Gasteiger partial charge in [-0.2, -0.15) is 0 Å². The fourth-order valence-electron chi connectivity index (χ4n) is 2.06. The number of methoxy groups -OCH3 is 3. The van der Waals surface area contributed by atoms with Crippen LogP contribution in [0.4, 0.5) is 0 Å². The first-order valence-corrected chi connectivity index (χ1v) is 8.44. The van der Waals surface area contributed by atoms with Crippen LogP contribution in [0.2, 0.25) is 0 Å². The number of carbonyl (C=O) groups is 1. The Morgan fingerprint density at radius 2 is 1.74 bits per heavy atom. The molecule has 0 radical (unpaired) electrons. The molecule has 1 fully saturated rings. The van der Waals surface area contributed by atoms with Crippen LogP contribution in [-0.4, -0.2) is 36.8 Å². The second-order valence-electron chi connectivity index (χ2n) is 4.95. The normalized spacial score (nSPS) is 13.7. The summed E-state index contributed by atoms with van der Waals surface area (Å²) in [6.45, 7) is 0. The number of hydrogen-bond donors (Lipinski definition) is 2. The first-order chi connectivity index (χ1) is 11.1. The Labute approximate surface area is 145 Å². The Balaban J connectivity index is 2.01. The quantitative estimate of drug-likeness (QED) is 0.620. The van der Waals surface area contributed by atoms with Crippen LogP contribution in [0.3, 0.4) is 0 Å². The van der Waals surface area contributed by atoms with Gasteiger partial charge in [0.15, 0.2) is 15.8 Å². The molecule has 23 heavy (non-hydrogen) atoms. The number of rotatable bonds is 5. The predicted octanol–water partition coefficient (Wildman–Crippen LogP) is 2.52. The number of amides is 1. The number of thiocarbonyl (C=S) groups is 1. The minimum atomic E-state index is -0.333. The van der Waals surface area contributed by atoms with Gasteiger partial charge in [0.05, 0.1) is 21.3 Å². The summed E-state index contributed by atoms with van der Waals surface area (Å²) in [7, 11) is 4.51. The second-order valence-corrected chi connectivity index (χ2v) is 6.93. The predicted molar refractivity (Wildman–Crippen MR) is 94.5 cm³/mol. The molecule has 1 aromatic carbocycles. The molecule has 0 aliphatic heterocycles. The Morgan fingerprint density at radius 1 is 1.13 bits per heavy atom. The second kappa shape index (κ2) is 8.26. The first kappa shape index (κ1) is 17.7. The molecule has 0 bridgehead atoms. The van der Waals surface area contributed by atoms with Crippen molar-refractivity contribution in [1.82, 2.24) is 10.9 Å². The summed E-state index contributed by atoms with van der Waals surface area (Å²) in [6.07, 6.45) is 3.60. The highest BCUT2D eigenvalue weighted by molar-refractivity contribution is 8.23. The highest BCUT2D eigenvalue weighted by atomic mass is 32.2. The van der Waals surface area contributed by atoms with Gasteiger partial charge in [0, 0.05) is 10.8 Å². The number of thioether (sulfide) groups is 1. The lowest BCUT2D eigenvalue weighted by Crippen LogP contribution is -2.40. The van der Waals surface area contributed by atoms with Gasteiger partial charge in [0.2, 0.25) is 5.75 Å². The molecule has 2 rings (SSSR count). The number of hydrazine groups is 1. The van der Waals surface area contributed by atoms with E-state index in [1.165, 1.54) is 40.6 Å². The number of ether oxygens (including phenoxy) is 3. The average molecular weight is 356 g/mol. The van der Waals surface area contributed by atoms with Crippen molar-refractivity contribution in [2.45, 2.75) is 24.5 Å². The van der Waals surface area contributed by atoms with Crippen molar-refractivity contribution < 1.29 is 19.0 Å². The molecule has 1 aromatic rings. The Morgan fingerprint density at radius 3 is 2.17 bits per heavy atom. The van der Waals surface area contributed by atoms with Crippen molar-refractivity contribution in [2.24, 2.45) is 0 Å². The van der Waals surface area contributed by atoms with Crippen LogP contribution in [0, 0.1) is 0 Å². The number of benzene rings is 1. The lowest BCUT2D eigenvalue weighted by atomic mass is 10.0. The topological polar surface area (TPSA) is 68.8 Å². The summed E-state index contributed by atoms with van der Waals surface area (Å²) in [4.78, 5) is 12.3. The Bertz CT molecular complexity index is 566. The van der Waals surface area contributed by atoms with Gasteiger partial charge in [-0.15, -0.1) is 0 Å². The fourth-order valence-corrected chi connectivity index (χ4v) is 3.50. The van der Waals surface area contributed by atoms with E-state index in [-0.39, 0.29) is 5.91 Å². The van der Waals surface area contributed by atoms with E-state index >= 15 is 0 Å². The van der Waals surface area contributed by atoms with Crippen LogP contribution in [0.15, 0.2) is 12.1 Å². The van der Waals surface area contributed by atoms with Gasteiger partial charge in [-0.25, -0.2) is 0 Å². The zero-order chi connectivity index (χ0) is 16.8. The summed E-state index contributed by atoms with van der Waals surface area (Å²) in [5.74, 6) is 0.947. The van der Waals surface area contributed by atoms with Crippen molar-refractivity contribution in [3.8, 4) is 17.2 Å². The smallest absolute Gasteiger partial charge is 0.269 e. The van der Waals surface area contributed by atoms with E-state index in [1.54, 1.807) is 23.9 Å². The van der Waals surface area contributed by atoms with E-state index in [0.717, 1.165) is 0 Å². The molecule has 0 unspecified atom stereocenters. The monoisotopic (exact) mass is 356 g/mol. The number of nitrogens with one attached hydrogen (secondary N) is 2. The molecule has 0 saturated heterocycles. The van der Waals surface area contributed by atoms with Crippen molar-refractivity contribution >= 4 is 34.2 Å². The van der Waals surface area contributed by atoms with E-state index in [0.29, 0.717) is 32.4 Å². The summed E-state index contributed by atoms with van der Waals surface area (Å²) in [5.41, 5.74) is 5.73. The van der Waals surface area contributed by atoms with Crippen molar-refractivity contribution in [3.63, 3.8) is 0 Å². The minimum Gasteiger partial charge on any atom is -0.493 e. The summed E-state index contributed by atoms with van der Waals surface area (Å²) >= 11 is 6.78. The molecule has 0 aromatic heterocycles. The summed E-state index contributed by atoms with van der Waals surface area (Å²) in [5, 5.41) is 0.563. The van der Waals surface area contributed by atoms with Gasteiger partial charge in [0.25, 0.3) is 5.91 Å². The molecule has 2 N–H and O–H groups in total. The van der Waals surface area contributed by atoms with Crippen LogP contribution in [0.1, 0.15) is 29.6 Å². The van der Waals surface area contributed by atoms with Crippen LogP contribution in [0.25, 0.3) is 0 Å². The van der Waals surface area contributed by atoms with Crippen LogP contribution >= 0.6 is 24.0 Å². The van der Waals surface area contributed by atoms with E-state index < -0.39 is 0 Å². The van der Waals surface area contributed by atoms with Gasteiger partial charge >= 0.3 is 0 Å². The molecular formula is C15H20N2O4S2. The van der Waals surface area contributed by atoms with Crippen LogP contribution < -0.4 is 25.1 Å². The molecule has 1 aliphatic rings. The largest absolute Gasteiger partial charge is 0.493 e. The third-order valence-electron chi connectivity index (χ3n) is 3.53. The molecule has 8 heteroatoms. The molecular weight excluding hydrogens is 336 g/mol. The molecule has 0 atom stereocenters. The molecule has 6 nitrogen and oxygen atoms in total. The van der Waals surface area contributed by atoms with E-state index in [4.69, 9.17) is 26.4 Å². The van der Waals surface area contributed by atoms with Crippen molar-refractivity contribution in [3.05, 3.63) is 17.7 Å². The van der Waals surface area contributed by atoms with Crippen LogP contribution in [-0.2, 0) is 0 Å². The van der Waals surface area contributed by atoms with Gasteiger partial charge in [-0.3, -0.25) is 15.6 Å². The lowest BCUT2D eigenvalue weighted by Gasteiger charge is -2.24. The Hall–Kier alpha value is -1.67. The van der Waals surface area contributed by atoms with Gasteiger partial charge in [-0.05, 0) is 25.0 Å². The number of carbonyl (C=O) groups excluding carboxylic acids is 1. The van der Waals surface area contributed by atoms with E-state index in [2.05, 4.69) is 10.9 Å². The van der Waals surface area contributed by atoms with E-state index in [9.17, 15) is 4.79 Å².